The van der Waals surface area contributed by atoms with Crippen LogP contribution in [-0.4, -0.2) is 31.2 Å². The van der Waals surface area contributed by atoms with Crippen molar-refractivity contribution in [3.63, 3.8) is 0 Å². The minimum Gasteiger partial charge on any atom is -0.490 e. The molecule has 0 aliphatic carbocycles. The molecule has 0 spiro atoms. The van der Waals surface area contributed by atoms with E-state index in [1.165, 1.54) is 0 Å². The summed E-state index contributed by atoms with van der Waals surface area (Å²) < 4.78 is 11.4. The molecule has 2 N–H and O–H groups in total. The third-order valence-corrected chi connectivity index (χ3v) is 4.68. The van der Waals surface area contributed by atoms with Crippen molar-refractivity contribution in [3.05, 3.63) is 57.6 Å². The van der Waals surface area contributed by atoms with Crippen molar-refractivity contribution in [2.45, 2.75) is 46.2 Å². The van der Waals surface area contributed by atoms with Crippen LogP contribution in [0.25, 0.3) is 0 Å². The van der Waals surface area contributed by atoms with E-state index in [2.05, 4.69) is 10.6 Å². The van der Waals surface area contributed by atoms with E-state index < -0.39 is 0 Å². The predicted octanol–water partition coefficient (Wildman–Crippen LogP) is 5.02. The molecule has 0 fully saturated rings. The van der Waals surface area contributed by atoms with Gasteiger partial charge in [-0.05, 0) is 76.1 Å². The molecule has 0 aliphatic heterocycles. The summed E-state index contributed by atoms with van der Waals surface area (Å²) in [6.45, 7) is 9.61. The average Bonchev–Trinajstić information content (AvgIpc) is 2.65. The number of hydrogen-bond donors (Lipinski definition) is 2. The lowest BCUT2D eigenvalue weighted by atomic mass is 10.1. The summed E-state index contributed by atoms with van der Waals surface area (Å²) in [6.07, 6.45) is 0.804. The molecule has 0 saturated carbocycles. The van der Waals surface area contributed by atoms with Gasteiger partial charge in [-0.1, -0.05) is 35.3 Å². The summed E-state index contributed by atoms with van der Waals surface area (Å²) >= 11 is 12.1. The number of carbonyl (C=O) groups excluding carboxylic acids is 1. The van der Waals surface area contributed by atoms with E-state index in [4.69, 9.17) is 32.7 Å². The molecule has 0 atom stereocenters. The highest BCUT2D eigenvalue weighted by atomic mass is 35.5. The molecule has 0 heterocycles. The van der Waals surface area contributed by atoms with Crippen molar-refractivity contribution < 1.29 is 14.3 Å². The Morgan fingerprint density at radius 2 is 1.80 bits per heavy atom. The lowest BCUT2D eigenvalue weighted by Crippen LogP contribution is -2.43. The zero-order chi connectivity index (χ0) is 22.1. The first kappa shape index (κ1) is 24.3. The second-order valence-corrected chi connectivity index (χ2v) is 8.81. The molecule has 2 aromatic carbocycles. The molecule has 0 bridgehead atoms. The normalized spacial score (nSPS) is 11.3. The van der Waals surface area contributed by atoms with Crippen LogP contribution in [0.1, 0.15) is 38.8 Å². The summed E-state index contributed by atoms with van der Waals surface area (Å²) in [4.78, 5) is 12.0. The number of ether oxygens (including phenoxy) is 2. The number of amides is 1. The molecular weight excluding hydrogens is 423 g/mol. The summed E-state index contributed by atoms with van der Waals surface area (Å²) in [5.74, 6) is 1.01. The molecule has 2 rings (SSSR count). The first-order chi connectivity index (χ1) is 14.2. The number of benzene rings is 2. The molecule has 0 radical (unpaired) electrons. The third-order valence-electron chi connectivity index (χ3n) is 4.10. The highest BCUT2D eigenvalue weighted by Gasteiger charge is 2.15. The van der Waals surface area contributed by atoms with Crippen LogP contribution in [0.5, 0.6) is 11.5 Å². The van der Waals surface area contributed by atoms with Gasteiger partial charge >= 0.3 is 0 Å². The second kappa shape index (κ2) is 11.4. The molecule has 0 aliphatic rings. The van der Waals surface area contributed by atoms with Crippen molar-refractivity contribution in [2.75, 3.05) is 19.8 Å². The zero-order valence-corrected chi connectivity index (χ0v) is 19.5. The van der Waals surface area contributed by atoms with Gasteiger partial charge in [-0.25, -0.2) is 0 Å². The Hall–Kier alpha value is -1.95. The fourth-order valence-electron chi connectivity index (χ4n) is 2.83. The van der Waals surface area contributed by atoms with Gasteiger partial charge in [0.05, 0.1) is 6.61 Å². The second-order valence-electron chi connectivity index (χ2n) is 7.96. The molecule has 164 valence electrons. The summed E-state index contributed by atoms with van der Waals surface area (Å²) in [7, 11) is 0. The van der Waals surface area contributed by atoms with Crippen LogP contribution >= 0.6 is 23.2 Å². The number of halogens is 2. The van der Waals surface area contributed by atoms with Gasteiger partial charge in [-0.3, -0.25) is 4.79 Å². The van der Waals surface area contributed by atoms with Crippen LogP contribution in [0, 0.1) is 0 Å². The van der Waals surface area contributed by atoms with E-state index >= 15 is 0 Å². The number of nitrogens with one attached hydrogen (secondary N) is 2. The topological polar surface area (TPSA) is 59.6 Å². The molecule has 0 aromatic heterocycles. The van der Waals surface area contributed by atoms with Gasteiger partial charge in [0.2, 0.25) is 0 Å². The van der Waals surface area contributed by atoms with Crippen LogP contribution in [0.15, 0.2) is 36.4 Å². The Labute approximate surface area is 189 Å². The summed E-state index contributed by atoms with van der Waals surface area (Å²) in [5, 5.41) is 7.60. The molecule has 7 heteroatoms. The van der Waals surface area contributed by atoms with E-state index in [0.29, 0.717) is 34.7 Å². The van der Waals surface area contributed by atoms with Gasteiger partial charge in [0, 0.05) is 22.1 Å². The van der Waals surface area contributed by atoms with Crippen LogP contribution in [0.3, 0.4) is 0 Å². The summed E-state index contributed by atoms with van der Waals surface area (Å²) in [6, 6.07) is 11.3. The Morgan fingerprint density at radius 3 is 2.47 bits per heavy atom. The Bertz CT molecular complexity index is 851. The van der Waals surface area contributed by atoms with Crippen LogP contribution in [-0.2, 0) is 17.8 Å². The van der Waals surface area contributed by atoms with Crippen molar-refractivity contribution in [1.82, 2.24) is 10.6 Å². The van der Waals surface area contributed by atoms with Gasteiger partial charge in [-0.15, -0.1) is 0 Å². The van der Waals surface area contributed by atoms with E-state index in [1.54, 1.807) is 6.07 Å². The SMILES string of the molecule is CCOc1cc(CNCCc2ccc(Cl)cc2Cl)ccc1OCC(=O)NC(C)(C)C. The molecule has 0 unspecified atom stereocenters. The fourth-order valence-corrected chi connectivity index (χ4v) is 3.33. The summed E-state index contributed by atoms with van der Waals surface area (Å²) in [5.41, 5.74) is 1.82. The first-order valence-corrected chi connectivity index (χ1v) is 10.8. The van der Waals surface area contributed by atoms with E-state index in [0.717, 1.165) is 24.1 Å². The molecule has 1 amide bonds. The van der Waals surface area contributed by atoms with Gasteiger partial charge in [0.15, 0.2) is 18.1 Å². The van der Waals surface area contributed by atoms with Gasteiger partial charge < -0.3 is 20.1 Å². The van der Waals surface area contributed by atoms with Crippen molar-refractivity contribution in [3.8, 4) is 11.5 Å². The Morgan fingerprint density at radius 1 is 1.03 bits per heavy atom. The molecular formula is C23H30Cl2N2O3. The van der Waals surface area contributed by atoms with Crippen molar-refractivity contribution in [1.29, 1.82) is 0 Å². The van der Waals surface area contributed by atoms with Gasteiger partial charge in [0.1, 0.15) is 0 Å². The first-order valence-electron chi connectivity index (χ1n) is 10.0. The zero-order valence-electron chi connectivity index (χ0n) is 18.0. The maximum Gasteiger partial charge on any atom is 0.258 e. The van der Waals surface area contributed by atoms with Crippen LogP contribution < -0.4 is 20.1 Å². The fraction of sp³-hybridized carbons (Fsp3) is 0.435. The average molecular weight is 453 g/mol. The quantitative estimate of drug-likeness (QED) is 0.496. The van der Waals surface area contributed by atoms with Gasteiger partial charge in [-0.2, -0.15) is 0 Å². The standard InChI is InChI=1S/C23H30Cl2N2O3/c1-5-29-21-12-16(6-9-20(21)30-15-22(28)27-23(2,3)4)14-26-11-10-17-7-8-18(24)13-19(17)25/h6-9,12-13,26H,5,10-11,14-15H2,1-4H3,(H,27,28). The van der Waals surface area contributed by atoms with Crippen LogP contribution in [0.2, 0.25) is 10.0 Å². The predicted molar refractivity (Wildman–Crippen MR) is 123 cm³/mol. The molecule has 0 saturated heterocycles. The van der Waals surface area contributed by atoms with Crippen molar-refractivity contribution in [2.24, 2.45) is 0 Å². The third kappa shape index (κ3) is 8.42. The molecule has 5 nitrogen and oxygen atoms in total. The Kier molecular flexibility index (Phi) is 9.28. The number of hydrogen-bond acceptors (Lipinski definition) is 4. The highest BCUT2D eigenvalue weighted by Crippen LogP contribution is 2.28. The smallest absolute Gasteiger partial charge is 0.258 e. The van der Waals surface area contributed by atoms with E-state index in [1.807, 2.05) is 58.0 Å². The van der Waals surface area contributed by atoms with E-state index in [-0.39, 0.29) is 18.1 Å². The Balaban J connectivity index is 1.89. The maximum absolute atomic E-state index is 12.0. The van der Waals surface area contributed by atoms with E-state index in [9.17, 15) is 4.79 Å². The lowest BCUT2D eigenvalue weighted by Gasteiger charge is -2.21. The monoisotopic (exact) mass is 452 g/mol. The van der Waals surface area contributed by atoms with Gasteiger partial charge in [0.25, 0.3) is 5.91 Å². The minimum atomic E-state index is -0.297. The van der Waals surface area contributed by atoms with Crippen molar-refractivity contribution >= 4 is 29.1 Å². The molecule has 30 heavy (non-hydrogen) atoms. The highest BCUT2D eigenvalue weighted by molar-refractivity contribution is 6.35. The van der Waals surface area contributed by atoms with Crippen LogP contribution in [0.4, 0.5) is 0 Å². The lowest BCUT2D eigenvalue weighted by molar-refractivity contribution is -0.124. The number of rotatable bonds is 10. The molecule has 2 aromatic rings. The minimum absolute atomic E-state index is 0.0587. The maximum atomic E-state index is 12.0. The largest absolute Gasteiger partial charge is 0.490 e. The number of carbonyl (C=O) groups is 1.